The molecule has 0 aliphatic rings. The number of rotatable bonds is 10. The number of carboxylic acid groups (broad SMARTS) is 1. The van der Waals surface area contributed by atoms with Gasteiger partial charge in [-0.2, -0.15) is 0 Å². The van der Waals surface area contributed by atoms with Gasteiger partial charge in [-0.3, -0.25) is 14.4 Å². The Bertz CT molecular complexity index is 1270. The average Bonchev–Trinajstić information content (AvgIpc) is 3.29. The maximum Gasteiger partial charge on any atom is 0.303 e. The van der Waals surface area contributed by atoms with Crippen molar-refractivity contribution in [2.75, 3.05) is 0 Å². The van der Waals surface area contributed by atoms with E-state index in [1.165, 1.54) is 29.2 Å². The van der Waals surface area contributed by atoms with Gasteiger partial charge in [0.15, 0.2) is 11.6 Å². The molecular formula is C26H25F3N2O4S. The van der Waals surface area contributed by atoms with Crippen molar-refractivity contribution in [1.82, 2.24) is 4.90 Å². The van der Waals surface area contributed by atoms with Crippen molar-refractivity contribution in [3.63, 3.8) is 0 Å². The molecule has 3 aromatic rings. The summed E-state index contributed by atoms with van der Waals surface area (Å²) in [6, 6.07) is 10.9. The van der Waals surface area contributed by atoms with E-state index in [1.54, 1.807) is 32.0 Å². The van der Waals surface area contributed by atoms with E-state index in [0.717, 1.165) is 23.5 Å². The second-order valence-corrected chi connectivity index (χ2v) is 10.0. The predicted molar refractivity (Wildman–Crippen MR) is 130 cm³/mol. The van der Waals surface area contributed by atoms with E-state index in [-0.39, 0.29) is 17.7 Å². The van der Waals surface area contributed by atoms with Crippen molar-refractivity contribution >= 4 is 29.1 Å². The number of thiophene rings is 1. The highest BCUT2D eigenvalue weighted by atomic mass is 32.1. The van der Waals surface area contributed by atoms with Crippen molar-refractivity contribution in [3.8, 4) is 10.4 Å². The van der Waals surface area contributed by atoms with E-state index < -0.39 is 53.2 Å². The molecule has 0 radical (unpaired) electrons. The number of amides is 2. The Hall–Kier alpha value is -3.66. The zero-order valence-corrected chi connectivity index (χ0v) is 20.4. The number of hydrogen-bond donors (Lipinski definition) is 2. The van der Waals surface area contributed by atoms with Crippen LogP contribution in [0.15, 0.2) is 54.6 Å². The van der Waals surface area contributed by atoms with Gasteiger partial charge < -0.3 is 15.7 Å². The molecule has 1 aromatic heterocycles. The van der Waals surface area contributed by atoms with Gasteiger partial charge in [0.2, 0.25) is 5.91 Å². The van der Waals surface area contributed by atoms with Gasteiger partial charge in [-0.05, 0) is 74.2 Å². The van der Waals surface area contributed by atoms with E-state index >= 15 is 0 Å². The van der Waals surface area contributed by atoms with Crippen LogP contribution in [0.3, 0.4) is 0 Å². The van der Waals surface area contributed by atoms with Gasteiger partial charge >= 0.3 is 5.97 Å². The number of aliphatic carboxylic acids is 1. The lowest BCUT2D eigenvalue weighted by Gasteiger charge is -2.42. The fourth-order valence-electron chi connectivity index (χ4n) is 4.06. The normalized spacial score (nSPS) is 12.2. The summed E-state index contributed by atoms with van der Waals surface area (Å²) in [6.07, 6.45) is -0.378. The first-order valence-electron chi connectivity index (χ1n) is 11.0. The van der Waals surface area contributed by atoms with Crippen LogP contribution in [0.2, 0.25) is 0 Å². The molecule has 1 heterocycles. The maximum atomic E-state index is 13.8. The van der Waals surface area contributed by atoms with Crippen LogP contribution in [0.25, 0.3) is 10.4 Å². The molecule has 1 atom stereocenters. The third-order valence-corrected chi connectivity index (χ3v) is 6.84. The first-order valence-corrected chi connectivity index (χ1v) is 11.8. The fraction of sp³-hybridized carbons (Fsp3) is 0.269. The molecule has 0 aliphatic carbocycles. The Morgan fingerprint density at radius 2 is 1.67 bits per heavy atom. The molecule has 2 amide bonds. The highest BCUT2D eigenvalue weighted by molar-refractivity contribution is 7.17. The fourth-order valence-corrected chi connectivity index (χ4v) is 5.00. The van der Waals surface area contributed by atoms with E-state index in [9.17, 15) is 32.7 Å². The highest BCUT2D eigenvalue weighted by Gasteiger charge is 2.40. The van der Waals surface area contributed by atoms with Crippen molar-refractivity contribution in [3.05, 3.63) is 82.5 Å². The third-order valence-electron chi connectivity index (χ3n) is 5.71. The molecule has 6 nitrogen and oxygen atoms in total. The summed E-state index contributed by atoms with van der Waals surface area (Å²) < 4.78 is 40.5. The van der Waals surface area contributed by atoms with Crippen LogP contribution in [0.5, 0.6) is 0 Å². The number of carbonyl (C=O) groups is 3. The zero-order chi connectivity index (χ0) is 26.6. The molecule has 0 spiro atoms. The first kappa shape index (κ1) is 26.9. The SMILES string of the molecule is CC(C)(Cc1ccc(F)cc1)N(C(=O)c1ccc(-c2ccc(F)c(F)c2)s1)[C@@H](CCC(=O)O)C(N)=O. The molecular weight excluding hydrogens is 493 g/mol. The molecule has 3 N–H and O–H groups in total. The van der Waals surface area contributed by atoms with Crippen LogP contribution in [0.4, 0.5) is 13.2 Å². The van der Waals surface area contributed by atoms with Gasteiger partial charge in [-0.25, -0.2) is 13.2 Å². The molecule has 190 valence electrons. The summed E-state index contributed by atoms with van der Waals surface area (Å²) in [5, 5.41) is 9.17. The van der Waals surface area contributed by atoms with Gasteiger partial charge in [0.1, 0.15) is 11.9 Å². The Kier molecular flexibility index (Phi) is 8.19. The maximum absolute atomic E-state index is 13.8. The molecule has 3 rings (SSSR count). The lowest BCUT2D eigenvalue weighted by Crippen LogP contribution is -2.58. The molecule has 0 bridgehead atoms. The number of hydrogen-bond acceptors (Lipinski definition) is 4. The van der Waals surface area contributed by atoms with Crippen LogP contribution in [0, 0.1) is 17.5 Å². The molecule has 36 heavy (non-hydrogen) atoms. The molecule has 10 heteroatoms. The van der Waals surface area contributed by atoms with Crippen molar-refractivity contribution in [2.45, 2.75) is 44.7 Å². The minimum absolute atomic E-state index is 0.198. The Balaban J connectivity index is 2.01. The average molecular weight is 519 g/mol. The van der Waals surface area contributed by atoms with Gasteiger partial charge in [0.05, 0.1) is 4.88 Å². The molecule has 2 aromatic carbocycles. The molecule has 0 saturated carbocycles. The smallest absolute Gasteiger partial charge is 0.303 e. The summed E-state index contributed by atoms with van der Waals surface area (Å²) in [5.41, 5.74) is 5.64. The van der Waals surface area contributed by atoms with E-state index in [1.807, 2.05) is 0 Å². The largest absolute Gasteiger partial charge is 0.481 e. The highest BCUT2D eigenvalue weighted by Crippen LogP contribution is 2.33. The van der Waals surface area contributed by atoms with Crippen LogP contribution in [-0.4, -0.2) is 39.4 Å². The van der Waals surface area contributed by atoms with Crippen molar-refractivity contribution in [2.24, 2.45) is 5.73 Å². The quantitative estimate of drug-likeness (QED) is 0.394. The van der Waals surface area contributed by atoms with Crippen molar-refractivity contribution < 1.29 is 32.7 Å². The summed E-state index contributed by atoms with van der Waals surface area (Å²) in [5.74, 6) is -5.04. The number of primary amides is 1. The van der Waals surface area contributed by atoms with Gasteiger partial charge in [0, 0.05) is 16.8 Å². The van der Waals surface area contributed by atoms with E-state index in [4.69, 9.17) is 5.73 Å². The van der Waals surface area contributed by atoms with Crippen LogP contribution < -0.4 is 5.73 Å². The minimum atomic E-state index is -1.24. The van der Waals surface area contributed by atoms with Crippen molar-refractivity contribution in [1.29, 1.82) is 0 Å². The Labute approximate surface area is 210 Å². The van der Waals surface area contributed by atoms with E-state index in [2.05, 4.69) is 0 Å². The molecule has 0 saturated heterocycles. The van der Waals surface area contributed by atoms with Crippen LogP contribution >= 0.6 is 11.3 Å². The Morgan fingerprint density at radius 3 is 2.25 bits per heavy atom. The summed E-state index contributed by atoms with van der Waals surface area (Å²) in [6.45, 7) is 3.41. The minimum Gasteiger partial charge on any atom is -0.481 e. The third kappa shape index (κ3) is 6.31. The monoisotopic (exact) mass is 518 g/mol. The molecule has 0 fully saturated rings. The van der Waals surface area contributed by atoms with Crippen LogP contribution in [0.1, 0.15) is 41.9 Å². The standard InChI is InChI=1S/C26H25F3N2O4S/c1-26(2,14-15-3-6-17(27)7-4-15)31(20(24(30)34)9-12-23(32)33)25(35)22-11-10-21(36-22)16-5-8-18(28)19(29)13-16/h3-8,10-11,13,20H,9,12,14H2,1-2H3,(H2,30,34)(H,32,33)/t20-/m0/s1. The number of halogens is 3. The lowest BCUT2D eigenvalue weighted by atomic mass is 9.89. The molecule has 0 aliphatic heterocycles. The summed E-state index contributed by atoms with van der Waals surface area (Å²) in [4.78, 5) is 39.4. The number of carbonyl (C=O) groups excluding carboxylic acids is 2. The van der Waals surface area contributed by atoms with Gasteiger partial charge in [-0.1, -0.05) is 18.2 Å². The van der Waals surface area contributed by atoms with Crippen LogP contribution in [-0.2, 0) is 16.0 Å². The van der Waals surface area contributed by atoms with Gasteiger partial charge in [0.25, 0.3) is 5.91 Å². The summed E-state index contributed by atoms with van der Waals surface area (Å²) >= 11 is 1.02. The zero-order valence-electron chi connectivity index (χ0n) is 19.6. The number of nitrogens with zero attached hydrogens (tertiary/aromatic N) is 1. The van der Waals surface area contributed by atoms with E-state index in [0.29, 0.717) is 16.0 Å². The number of nitrogens with two attached hydrogens (primary N) is 1. The topological polar surface area (TPSA) is 101 Å². The predicted octanol–water partition coefficient (Wildman–Crippen LogP) is 5.01. The first-order chi connectivity index (χ1) is 16.9. The lowest BCUT2D eigenvalue weighted by molar-refractivity contribution is -0.137. The van der Waals surface area contributed by atoms with Gasteiger partial charge in [-0.15, -0.1) is 11.3 Å². The second-order valence-electron chi connectivity index (χ2n) is 8.93. The number of benzene rings is 2. The second kappa shape index (κ2) is 10.9. The Morgan fingerprint density at radius 1 is 1.00 bits per heavy atom. The molecule has 0 unspecified atom stereocenters. The summed E-state index contributed by atoms with van der Waals surface area (Å²) in [7, 11) is 0. The number of carboxylic acids is 1.